The Balaban J connectivity index is 1.68. The molecular weight excluding hydrogens is 360 g/mol. The van der Waals surface area contributed by atoms with Gasteiger partial charge in [-0.25, -0.2) is 0 Å². The molecule has 0 bridgehead atoms. The van der Waals surface area contributed by atoms with Crippen LogP contribution >= 0.6 is 0 Å². The lowest BCUT2D eigenvalue weighted by Gasteiger charge is -2.44. The molecule has 9 nitrogen and oxygen atoms in total. The Morgan fingerprint density at radius 1 is 1.21 bits per heavy atom. The van der Waals surface area contributed by atoms with Crippen LogP contribution in [0.15, 0.2) is 12.4 Å². The highest BCUT2D eigenvalue weighted by molar-refractivity contribution is 6.40. The Hall–Kier alpha value is -2.97. The molecule has 1 saturated heterocycles. The summed E-state index contributed by atoms with van der Waals surface area (Å²) in [6.07, 6.45) is 5.57. The minimum absolute atomic E-state index is 0.130. The molecule has 1 aromatic rings. The van der Waals surface area contributed by atoms with Gasteiger partial charge in [-0.15, -0.1) is 0 Å². The van der Waals surface area contributed by atoms with Gasteiger partial charge in [-0.1, -0.05) is 6.92 Å². The van der Waals surface area contributed by atoms with Crippen LogP contribution in [0.2, 0.25) is 0 Å². The molecule has 0 aromatic carbocycles. The van der Waals surface area contributed by atoms with Gasteiger partial charge in [0.05, 0.1) is 17.6 Å². The van der Waals surface area contributed by atoms with Crippen LogP contribution in [0.5, 0.6) is 0 Å². The first kappa shape index (κ1) is 19.8. The summed E-state index contributed by atoms with van der Waals surface area (Å²) in [7, 11) is 0. The number of nitrogens with one attached hydrogen (secondary N) is 2. The maximum atomic E-state index is 12.7. The molecule has 28 heavy (non-hydrogen) atoms. The van der Waals surface area contributed by atoms with Crippen molar-refractivity contribution in [2.24, 2.45) is 5.41 Å². The fourth-order valence-electron chi connectivity index (χ4n) is 3.45. The Bertz CT molecular complexity index is 835. The second-order valence-corrected chi connectivity index (χ2v) is 7.96. The smallest absolute Gasteiger partial charge is 0.314 e. The number of hydrogen-bond donors (Lipinski definition) is 3. The lowest BCUT2D eigenvalue weighted by molar-refractivity contribution is -0.152. The van der Waals surface area contributed by atoms with Crippen LogP contribution in [0.3, 0.4) is 0 Å². The van der Waals surface area contributed by atoms with Gasteiger partial charge < -0.3 is 26.3 Å². The summed E-state index contributed by atoms with van der Waals surface area (Å²) in [6.45, 7) is 6.39. The Morgan fingerprint density at radius 3 is 2.43 bits per heavy atom. The van der Waals surface area contributed by atoms with Crippen LogP contribution in [-0.4, -0.2) is 63.9 Å². The normalized spacial score (nSPS) is 23.1. The SMILES string of the molecule is C[C@@H]1CN(C(=O)C(=O)Nc2cncc(C=N)c2N)[C@@H](C)CN1C(=O)C1(C)CC1. The molecule has 1 saturated carbocycles. The number of nitrogens with two attached hydrogens (primary N) is 1. The van der Waals surface area contributed by atoms with Crippen LogP contribution in [0, 0.1) is 10.8 Å². The van der Waals surface area contributed by atoms with E-state index in [0.29, 0.717) is 18.7 Å². The first-order chi connectivity index (χ1) is 13.2. The molecule has 150 valence electrons. The number of amides is 3. The third kappa shape index (κ3) is 3.56. The molecule has 2 atom stereocenters. The molecule has 0 radical (unpaired) electrons. The standard InChI is InChI=1S/C19H26N6O3/c1-11-10-25(18(28)19(3)4-5-19)12(2)9-24(11)17(27)16(26)23-14-8-22-7-13(6-20)15(14)21/h6-8,11-12,20H,4-5,9-10H2,1-3H3,(H2,21,22)(H,23,26)/t11-,12+/m0/s1. The Labute approximate surface area is 163 Å². The highest BCUT2D eigenvalue weighted by Crippen LogP contribution is 2.47. The maximum absolute atomic E-state index is 12.7. The van der Waals surface area contributed by atoms with Crippen molar-refractivity contribution < 1.29 is 14.4 Å². The number of pyridine rings is 1. The average Bonchev–Trinajstić information content (AvgIpc) is 3.42. The fraction of sp³-hybridized carbons (Fsp3) is 0.526. The van der Waals surface area contributed by atoms with Crippen LogP contribution < -0.4 is 11.1 Å². The van der Waals surface area contributed by atoms with E-state index in [4.69, 9.17) is 11.1 Å². The minimum atomic E-state index is -0.816. The number of aromatic nitrogens is 1. The first-order valence-electron chi connectivity index (χ1n) is 9.35. The topological polar surface area (TPSA) is 132 Å². The minimum Gasteiger partial charge on any atom is -0.396 e. The summed E-state index contributed by atoms with van der Waals surface area (Å²) < 4.78 is 0. The van der Waals surface area contributed by atoms with Gasteiger partial charge in [0, 0.05) is 48.6 Å². The van der Waals surface area contributed by atoms with Gasteiger partial charge in [0.2, 0.25) is 5.91 Å². The summed E-state index contributed by atoms with van der Waals surface area (Å²) in [5, 5.41) is 9.78. The highest BCUT2D eigenvalue weighted by atomic mass is 16.2. The van der Waals surface area contributed by atoms with Gasteiger partial charge in [0.15, 0.2) is 0 Å². The zero-order chi connectivity index (χ0) is 20.6. The van der Waals surface area contributed by atoms with E-state index in [1.807, 2.05) is 25.7 Å². The molecule has 1 aliphatic carbocycles. The van der Waals surface area contributed by atoms with E-state index in [1.165, 1.54) is 17.3 Å². The second kappa shape index (κ2) is 7.21. The summed E-state index contributed by atoms with van der Waals surface area (Å²) in [6, 6.07) is -0.435. The highest BCUT2D eigenvalue weighted by Gasteiger charge is 2.49. The average molecular weight is 386 g/mol. The predicted octanol–water partition coefficient (Wildman–Crippen LogP) is 0.848. The molecule has 1 aromatic heterocycles. The van der Waals surface area contributed by atoms with Crippen molar-refractivity contribution in [2.45, 2.75) is 45.7 Å². The van der Waals surface area contributed by atoms with E-state index in [-0.39, 0.29) is 34.8 Å². The molecule has 3 rings (SSSR count). The largest absolute Gasteiger partial charge is 0.396 e. The molecular formula is C19H26N6O3. The predicted molar refractivity (Wildman–Crippen MR) is 105 cm³/mol. The molecule has 2 heterocycles. The third-order valence-electron chi connectivity index (χ3n) is 5.64. The molecule has 1 aliphatic heterocycles. The van der Waals surface area contributed by atoms with Crippen LogP contribution in [0.4, 0.5) is 11.4 Å². The fourth-order valence-corrected chi connectivity index (χ4v) is 3.45. The van der Waals surface area contributed by atoms with E-state index in [9.17, 15) is 14.4 Å². The first-order valence-corrected chi connectivity index (χ1v) is 9.35. The lowest BCUT2D eigenvalue weighted by atomic mass is 10.0. The van der Waals surface area contributed by atoms with Gasteiger partial charge in [-0.05, 0) is 26.7 Å². The molecule has 2 fully saturated rings. The summed E-state index contributed by atoms with van der Waals surface area (Å²) in [5.41, 5.74) is 6.36. The van der Waals surface area contributed by atoms with Gasteiger partial charge in [0.25, 0.3) is 0 Å². The van der Waals surface area contributed by atoms with Gasteiger partial charge in [0.1, 0.15) is 0 Å². The molecule has 3 amide bonds. The quantitative estimate of drug-likeness (QED) is 0.523. The molecule has 9 heteroatoms. The van der Waals surface area contributed by atoms with E-state index in [0.717, 1.165) is 19.1 Å². The van der Waals surface area contributed by atoms with Crippen molar-refractivity contribution in [2.75, 3.05) is 24.1 Å². The number of rotatable bonds is 3. The molecule has 0 unspecified atom stereocenters. The van der Waals surface area contributed by atoms with Crippen molar-refractivity contribution in [3.8, 4) is 0 Å². The number of carbonyl (C=O) groups is 3. The molecule has 2 aliphatic rings. The van der Waals surface area contributed by atoms with Crippen molar-refractivity contribution in [1.29, 1.82) is 5.41 Å². The number of anilines is 2. The number of nitrogens with zero attached hydrogens (tertiary/aromatic N) is 3. The van der Waals surface area contributed by atoms with Crippen LogP contribution in [0.25, 0.3) is 0 Å². The van der Waals surface area contributed by atoms with Crippen molar-refractivity contribution in [1.82, 2.24) is 14.8 Å². The van der Waals surface area contributed by atoms with E-state index in [1.54, 1.807) is 0 Å². The molecule has 0 spiro atoms. The number of nitrogen functional groups attached to an aromatic ring is 1. The van der Waals surface area contributed by atoms with Crippen LogP contribution in [-0.2, 0) is 14.4 Å². The zero-order valence-corrected chi connectivity index (χ0v) is 16.4. The third-order valence-corrected chi connectivity index (χ3v) is 5.64. The summed E-state index contributed by atoms with van der Waals surface area (Å²) in [4.78, 5) is 45.1. The number of carbonyl (C=O) groups excluding carboxylic acids is 3. The Morgan fingerprint density at radius 2 is 1.82 bits per heavy atom. The van der Waals surface area contributed by atoms with Gasteiger partial charge in [-0.3, -0.25) is 19.4 Å². The maximum Gasteiger partial charge on any atom is 0.314 e. The lowest BCUT2D eigenvalue weighted by Crippen LogP contribution is -2.61. The van der Waals surface area contributed by atoms with Crippen molar-refractivity contribution in [3.63, 3.8) is 0 Å². The van der Waals surface area contributed by atoms with Crippen molar-refractivity contribution >= 4 is 35.3 Å². The molecule has 4 N–H and O–H groups in total. The van der Waals surface area contributed by atoms with Crippen molar-refractivity contribution in [3.05, 3.63) is 18.0 Å². The zero-order valence-electron chi connectivity index (χ0n) is 16.4. The number of hydrogen-bond acceptors (Lipinski definition) is 6. The Kier molecular flexibility index (Phi) is 5.10. The van der Waals surface area contributed by atoms with E-state index in [2.05, 4.69) is 10.3 Å². The van der Waals surface area contributed by atoms with E-state index >= 15 is 0 Å². The summed E-state index contributed by atoms with van der Waals surface area (Å²) >= 11 is 0. The van der Waals surface area contributed by atoms with Gasteiger partial charge >= 0.3 is 11.8 Å². The monoisotopic (exact) mass is 386 g/mol. The van der Waals surface area contributed by atoms with Crippen LogP contribution in [0.1, 0.15) is 39.2 Å². The van der Waals surface area contributed by atoms with Gasteiger partial charge in [-0.2, -0.15) is 0 Å². The summed E-state index contributed by atoms with van der Waals surface area (Å²) in [5.74, 6) is -1.36. The van der Waals surface area contributed by atoms with E-state index < -0.39 is 11.8 Å². The second-order valence-electron chi connectivity index (χ2n) is 7.96. The number of piperazine rings is 1.